The van der Waals surface area contributed by atoms with Crippen LogP contribution in [0.15, 0.2) is 0 Å². The average Bonchev–Trinajstić information content (AvgIpc) is 3.45. The third-order valence-corrected chi connectivity index (χ3v) is 17.8. The summed E-state index contributed by atoms with van der Waals surface area (Å²) in [7, 11) is 0. The van der Waals surface area contributed by atoms with Gasteiger partial charge in [0, 0.05) is 39.1 Å². The highest BCUT2D eigenvalue weighted by molar-refractivity contribution is 5.75. The van der Waals surface area contributed by atoms with Gasteiger partial charge in [0.25, 0.3) is 0 Å². The number of amides is 1. The molecule has 0 aromatic heterocycles. The van der Waals surface area contributed by atoms with Crippen molar-refractivity contribution in [3.05, 3.63) is 0 Å². The van der Waals surface area contributed by atoms with Crippen LogP contribution in [-0.4, -0.2) is 106 Å². The van der Waals surface area contributed by atoms with Gasteiger partial charge in [0.05, 0.1) is 24.4 Å². The van der Waals surface area contributed by atoms with Crippen molar-refractivity contribution in [2.75, 3.05) is 45.8 Å². The second kappa shape index (κ2) is 66.8. The lowest BCUT2D eigenvalue weighted by atomic mass is 10.0. The Bertz CT molecular complexity index is 1120. The largest absolute Gasteiger partial charge is 0.392 e. The molecule has 4 atom stereocenters. The molecule has 8 nitrogen and oxygen atoms in total. The Balaban J connectivity index is 4.90. The van der Waals surface area contributed by atoms with Crippen molar-refractivity contribution in [2.24, 2.45) is 0 Å². The lowest BCUT2D eigenvalue weighted by Gasteiger charge is -2.27. The molecule has 4 unspecified atom stereocenters. The fourth-order valence-corrected chi connectivity index (χ4v) is 12.4. The van der Waals surface area contributed by atoms with Crippen LogP contribution in [0.3, 0.4) is 0 Å². The Morgan fingerprint density at radius 2 is 0.469 bits per heavy atom. The van der Waals surface area contributed by atoms with Crippen molar-refractivity contribution in [2.45, 2.75) is 418 Å². The molecule has 81 heavy (non-hydrogen) atoms. The van der Waals surface area contributed by atoms with E-state index in [0.717, 1.165) is 90.1 Å². The Kier molecular flexibility index (Phi) is 66.1. The zero-order valence-electron chi connectivity index (χ0n) is 55.7. The summed E-state index contributed by atoms with van der Waals surface area (Å²) in [5.74, 6) is 0.105. The van der Waals surface area contributed by atoms with Crippen molar-refractivity contribution >= 4 is 5.91 Å². The summed E-state index contributed by atoms with van der Waals surface area (Å²) in [5, 5.41) is 47.9. The number of nitrogens with zero attached hydrogens (tertiary/aromatic N) is 2. The van der Waals surface area contributed by atoms with E-state index in [1.165, 1.54) is 283 Å². The second-order valence-corrected chi connectivity index (χ2v) is 26.4. The van der Waals surface area contributed by atoms with Gasteiger partial charge in [-0.05, 0) is 64.5 Å². The highest BCUT2D eigenvalue weighted by atomic mass is 16.3. The quantitative estimate of drug-likeness (QED) is 0.0385. The van der Waals surface area contributed by atoms with Crippen LogP contribution in [-0.2, 0) is 4.79 Å². The van der Waals surface area contributed by atoms with Crippen molar-refractivity contribution < 1.29 is 25.2 Å². The summed E-state index contributed by atoms with van der Waals surface area (Å²) in [6.07, 6.45) is 69.0. The highest BCUT2D eigenvalue weighted by Gasteiger charge is 2.18. The van der Waals surface area contributed by atoms with Crippen LogP contribution < -0.4 is 5.32 Å². The zero-order valence-corrected chi connectivity index (χ0v) is 55.7. The summed E-state index contributed by atoms with van der Waals surface area (Å²) >= 11 is 0. The summed E-state index contributed by atoms with van der Waals surface area (Å²) in [5.41, 5.74) is 0. The summed E-state index contributed by atoms with van der Waals surface area (Å²) in [6, 6.07) is 0. The molecule has 0 aromatic rings. The topological polar surface area (TPSA) is 117 Å². The minimum absolute atomic E-state index is 0.105. The predicted molar refractivity (Wildman–Crippen MR) is 356 cm³/mol. The first kappa shape index (κ1) is 80.2. The second-order valence-electron chi connectivity index (χ2n) is 26.4. The number of unbranched alkanes of at least 4 members (excludes halogenated alkanes) is 46. The number of hydrogen-bond donors (Lipinski definition) is 5. The molecule has 0 saturated heterocycles. The minimum atomic E-state index is -0.379. The first-order chi connectivity index (χ1) is 39.7. The van der Waals surface area contributed by atoms with Gasteiger partial charge in [-0.25, -0.2) is 0 Å². The molecule has 0 saturated carbocycles. The number of carbonyl (C=O) groups is 1. The third kappa shape index (κ3) is 63.6. The van der Waals surface area contributed by atoms with Gasteiger partial charge in [-0.2, -0.15) is 0 Å². The monoisotopic (exact) mass is 1150 g/mol. The van der Waals surface area contributed by atoms with Gasteiger partial charge in [0.2, 0.25) is 5.91 Å². The lowest BCUT2D eigenvalue weighted by Crippen LogP contribution is -2.39. The van der Waals surface area contributed by atoms with Gasteiger partial charge in [-0.3, -0.25) is 14.6 Å². The van der Waals surface area contributed by atoms with E-state index in [2.05, 4.69) is 42.8 Å². The SMILES string of the molecule is CCCCCCCCCCCCCCC(O)CN(CCCCNC(=O)CCCCN(CC(O)CCCCCCCCCCCCCC)CC(O)CCCCCCCCCCCCCC)CC(O)CCCCCCCCCCCCCC. The number of carbonyl (C=O) groups excluding carboxylic acids is 1. The van der Waals surface area contributed by atoms with E-state index in [9.17, 15) is 25.2 Å². The molecule has 0 fully saturated rings. The van der Waals surface area contributed by atoms with Crippen LogP contribution in [0.4, 0.5) is 0 Å². The molecule has 0 aliphatic rings. The summed E-state index contributed by atoms with van der Waals surface area (Å²) < 4.78 is 0. The Morgan fingerprint density at radius 3 is 0.691 bits per heavy atom. The molecule has 0 aliphatic heterocycles. The molecule has 1 amide bonds. The maximum absolute atomic E-state index is 13.1. The third-order valence-electron chi connectivity index (χ3n) is 17.8. The van der Waals surface area contributed by atoms with Crippen molar-refractivity contribution in [3.8, 4) is 0 Å². The molecule has 0 spiro atoms. The number of aliphatic hydroxyl groups excluding tert-OH is 4. The maximum Gasteiger partial charge on any atom is 0.219 e. The molecular weight excluding hydrogens is 999 g/mol. The van der Waals surface area contributed by atoms with Gasteiger partial charge in [0.15, 0.2) is 0 Å². The van der Waals surface area contributed by atoms with E-state index in [0.29, 0.717) is 39.1 Å². The van der Waals surface area contributed by atoms with Gasteiger partial charge in [-0.1, -0.05) is 336 Å². The number of hydrogen-bond acceptors (Lipinski definition) is 7. The number of nitrogens with one attached hydrogen (secondary N) is 1. The standard InChI is InChI=1S/C73H149N3O5/c1-5-9-13-17-21-25-29-33-37-41-45-49-57-69(77)65-75(66-70(78)58-50-46-42-38-34-30-26-22-18-14-10-6-2)63-55-53-61-73(81)74-62-54-56-64-76(67-71(79)59-51-47-43-39-35-31-27-23-19-15-11-7-3)68-72(80)60-52-48-44-40-36-32-28-24-20-16-12-8-4/h69-72,77-80H,5-68H2,1-4H3,(H,74,81). The molecule has 8 heteroatoms. The van der Waals surface area contributed by atoms with Gasteiger partial charge in [-0.15, -0.1) is 0 Å². The number of rotatable bonds is 70. The van der Waals surface area contributed by atoms with E-state index in [1.807, 2.05) is 0 Å². The summed E-state index contributed by atoms with van der Waals surface area (Å²) in [6.45, 7) is 13.8. The highest BCUT2D eigenvalue weighted by Crippen LogP contribution is 2.19. The van der Waals surface area contributed by atoms with Crippen LogP contribution in [0.25, 0.3) is 0 Å². The van der Waals surface area contributed by atoms with E-state index < -0.39 is 0 Å². The Morgan fingerprint density at radius 1 is 0.272 bits per heavy atom. The fraction of sp³-hybridized carbons (Fsp3) is 0.986. The predicted octanol–water partition coefficient (Wildman–Crippen LogP) is 20.5. The van der Waals surface area contributed by atoms with Crippen LogP contribution in [0.1, 0.15) is 394 Å². The van der Waals surface area contributed by atoms with Crippen LogP contribution in [0.5, 0.6) is 0 Å². The zero-order chi connectivity index (χ0) is 59.0. The van der Waals surface area contributed by atoms with Gasteiger partial charge < -0.3 is 25.7 Å². The van der Waals surface area contributed by atoms with E-state index in [4.69, 9.17) is 0 Å². The molecule has 0 aliphatic carbocycles. The first-order valence-electron chi connectivity index (χ1n) is 37.2. The molecule has 0 heterocycles. The molecule has 0 bridgehead atoms. The Hall–Kier alpha value is -0.770. The van der Waals surface area contributed by atoms with Gasteiger partial charge >= 0.3 is 0 Å². The first-order valence-corrected chi connectivity index (χ1v) is 37.2. The van der Waals surface area contributed by atoms with Crippen molar-refractivity contribution in [1.82, 2.24) is 15.1 Å². The van der Waals surface area contributed by atoms with Crippen molar-refractivity contribution in [3.63, 3.8) is 0 Å². The number of aliphatic hydroxyl groups is 4. The average molecular weight is 1150 g/mol. The van der Waals surface area contributed by atoms with Crippen LogP contribution in [0.2, 0.25) is 0 Å². The van der Waals surface area contributed by atoms with Crippen molar-refractivity contribution in [1.29, 1.82) is 0 Å². The Labute approximate surface area is 507 Å². The molecule has 0 radical (unpaired) electrons. The van der Waals surface area contributed by atoms with Gasteiger partial charge in [0.1, 0.15) is 0 Å². The van der Waals surface area contributed by atoms with E-state index in [-0.39, 0.29) is 30.3 Å². The van der Waals surface area contributed by atoms with E-state index >= 15 is 0 Å². The molecule has 0 aromatic carbocycles. The molecular formula is C73H149N3O5. The van der Waals surface area contributed by atoms with Crippen LogP contribution >= 0.6 is 0 Å². The normalized spacial score (nSPS) is 13.5. The molecule has 0 rings (SSSR count). The minimum Gasteiger partial charge on any atom is -0.392 e. The molecule has 486 valence electrons. The maximum atomic E-state index is 13.1. The lowest BCUT2D eigenvalue weighted by molar-refractivity contribution is -0.121. The fourth-order valence-electron chi connectivity index (χ4n) is 12.4. The van der Waals surface area contributed by atoms with Crippen LogP contribution in [0, 0.1) is 0 Å². The summed E-state index contributed by atoms with van der Waals surface area (Å²) in [4.78, 5) is 17.6. The smallest absolute Gasteiger partial charge is 0.219 e. The van der Waals surface area contributed by atoms with E-state index in [1.54, 1.807) is 0 Å². The molecule has 5 N–H and O–H groups in total.